The number of benzene rings is 2. The van der Waals surface area contributed by atoms with Crippen LogP contribution in [0, 0.1) is 18.3 Å². The lowest BCUT2D eigenvalue weighted by Crippen LogP contribution is -2.06. The van der Waals surface area contributed by atoms with Crippen molar-refractivity contribution < 1.29 is 17.9 Å². The van der Waals surface area contributed by atoms with Gasteiger partial charge in [-0.05, 0) is 59.6 Å². The molecule has 3 aromatic rings. The van der Waals surface area contributed by atoms with E-state index in [4.69, 9.17) is 10.00 Å². The molecule has 29 heavy (non-hydrogen) atoms. The maximum atomic E-state index is 12.8. The van der Waals surface area contributed by atoms with Crippen molar-refractivity contribution in [3.63, 3.8) is 0 Å². The average molecular weight is 481 g/mol. The van der Waals surface area contributed by atoms with Crippen LogP contribution < -0.4 is 4.74 Å². The van der Waals surface area contributed by atoms with Crippen molar-refractivity contribution >= 4 is 27.3 Å². The van der Waals surface area contributed by atoms with Gasteiger partial charge >= 0.3 is 6.18 Å². The molecule has 0 aliphatic heterocycles. The van der Waals surface area contributed by atoms with Crippen LogP contribution in [-0.2, 0) is 6.18 Å². The SMILES string of the molecule is CCC(Oc1ccc(C#N)c(Br)c1)c1sc(-c2ccc(C(F)(F)F)cc2)nc1C. The number of rotatable bonds is 5. The topological polar surface area (TPSA) is 45.9 Å². The fraction of sp³-hybridized carbons (Fsp3) is 0.238. The molecule has 0 aliphatic rings. The lowest BCUT2D eigenvalue weighted by atomic mass is 10.1. The zero-order valence-electron chi connectivity index (χ0n) is 15.5. The van der Waals surface area contributed by atoms with Gasteiger partial charge in [-0.2, -0.15) is 18.4 Å². The number of alkyl halides is 3. The van der Waals surface area contributed by atoms with Crippen LogP contribution in [0.15, 0.2) is 46.9 Å². The first-order valence-corrected chi connectivity index (χ1v) is 10.3. The van der Waals surface area contributed by atoms with Gasteiger partial charge in [0.25, 0.3) is 0 Å². The normalized spacial score (nSPS) is 12.4. The van der Waals surface area contributed by atoms with Gasteiger partial charge in [0.1, 0.15) is 22.9 Å². The molecule has 3 rings (SSSR count). The van der Waals surface area contributed by atoms with E-state index < -0.39 is 11.7 Å². The molecule has 0 saturated heterocycles. The molecule has 0 aliphatic carbocycles. The molecule has 1 aromatic heterocycles. The van der Waals surface area contributed by atoms with Crippen molar-refractivity contribution in [3.8, 4) is 22.4 Å². The van der Waals surface area contributed by atoms with Crippen LogP contribution in [-0.4, -0.2) is 4.98 Å². The number of thiazole rings is 1. The number of halogens is 4. The predicted molar refractivity (Wildman–Crippen MR) is 110 cm³/mol. The maximum absolute atomic E-state index is 12.8. The molecule has 0 amide bonds. The molecule has 0 spiro atoms. The van der Waals surface area contributed by atoms with Crippen molar-refractivity contribution in [1.29, 1.82) is 5.26 Å². The van der Waals surface area contributed by atoms with E-state index in [1.807, 2.05) is 13.8 Å². The van der Waals surface area contributed by atoms with E-state index in [0.29, 0.717) is 32.8 Å². The predicted octanol–water partition coefficient (Wildman–Crippen LogP) is 7.30. The summed E-state index contributed by atoms with van der Waals surface area (Å²) in [7, 11) is 0. The molecule has 1 heterocycles. The van der Waals surface area contributed by atoms with Crippen LogP contribution in [0.5, 0.6) is 5.75 Å². The molecule has 0 saturated carbocycles. The minimum Gasteiger partial charge on any atom is -0.485 e. The summed E-state index contributed by atoms with van der Waals surface area (Å²) in [6, 6.07) is 12.2. The molecule has 0 fully saturated rings. The Balaban J connectivity index is 1.86. The van der Waals surface area contributed by atoms with Crippen molar-refractivity contribution in [1.82, 2.24) is 4.98 Å². The number of hydrogen-bond donors (Lipinski definition) is 0. The second kappa shape index (κ2) is 8.56. The molecule has 1 unspecified atom stereocenters. The molecule has 0 bridgehead atoms. The number of nitriles is 1. The van der Waals surface area contributed by atoms with Gasteiger partial charge in [-0.3, -0.25) is 0 Å². The van der Waals surface area contributed by atoms with Gasteiger partial charge in [-0.15, -0.1) is 11.3 Å². The van der Waals surface area contributed by atoms with Crippen LogP contribution in [0.2, 0.25) is 0 Å². The zero-order chi connectivity index (χ0) is 21.2. The van der Waals surface area contributed by atoms with E-state index in [0.717, 1.165) is 22.7 Å². The van der Waals surface area contributed by atoms with E-state index in [1.54, 1.807) is 18.2 Å². The van der Waals surface area contributed by atoms with Crippen molar-refractivity contribution in [3.05, 3.63) is 68.6 Å². The molecule has 1 atom stereocenters. The van der Waals surface area contributed by atoms with Gasteiger partial charge in [-0.1, -0.05) is 19.1 Å². The number of ether oxygens (including phenoxy) is 1. The Morgan fingerprint density at radius 2 is 1.90 bits per heavy atom. The van der Waals surface area contributed by atoms with Gasteiger partial charge in [0.15, 0.2) is 0 Å². The Morgan fingerprint density at radius 3 is 2.45 bits per heavy atom. The first kappa shape index (κ1) is 21.3. The quantitative estimate of drug-likeness (QED) is 0.384. The van der Waals surface area contributed by atoms with Gasteiger partial charge in [0, 0.05) is 10.0 Å². The van der Waals surface area contributed by atoms with Crippen LogP contribution in [0.3, 0.4) is 0 Å². The van der Waals surface area contributed by atoms with Crippen molar-refractivity contribution in [2.45, 2.75) is 32.5 Å². The molecule has 8 heteroatoms. The number of aryl methyl sites for hydroxylation is 1. The molecular formula is C21H16BrF3N2OS. The van der Waals surface area contributed by atoms with E-state index in [2.05, 4.69) is 27.0 Å². The number of hydrogen-bond acceptors (Lipinski definition) is 4. The summed E-state index contributed by atoms with van der Waals surface area (Å²) in [6.45, 7) is 3.85. The highest BCUT2D eigenvalue weighted by molar-refractivity contribution is 9.10. The molecular weight excluding hydrogens is 465 g/mol. The summed E-state index contributed by atoms with van der Waals surface area (Å²) < 4.78 is 45.1. The monoisotopic (exact) mass is 480 g/mol. The van der Waals surface area contributed by atoms with E-state index >= 15 is 0 Å². The van der Waals surface area contributed by atoms with Crippen LogP contribution in [0.4, 0.5) is 13.2 Å². The first-order chi connectivity index (χ1) is 13.7. The highest BCUT2D eigenvalue weighted by Crippen LogP contribution is 2.37. The minimum absolute atomic E-state index is 0.254. The fourth-order valence-electron chi connectivity index (χ4n) is 2.78. The highest BCUT2D eigenvalue weighted by atomic mass is 79.9. The maximum Gasteiger partial charge on any atom is 0.416 e. The third kappa shape index (κ3) is 4.80. The standard InChI is InChI=1S/C21H16BrF3N2OS/c1-3-18(28-16-9-6-14(11-26)17(22)10-16)19-12(2)27-20(29-19)13-4-7-15(8-5-13)21(23,24)25/h4-10,18H,3H2,1-2H3. The van der Waals surface area contributed by atoms with Gasteiger partial charge < -0.3 is 4.74 Å². The summed E-state index contributed by atoms with van der Waals surface area (Å²) >= 11 is 4.76. The van der Waals surface area contributed by atoms with Gasteiger partial charge in [0.05, 0.1) is 21.7 Å². The Labute approximate surface area is 178 Å². The third-order valence-electron chi connectivity index (χ3n) is 4.29. The largest absolute Gasteiger partial charge is 0.485 e. The molecule has 3 nitrogen and oxygen atoms in total. The fourth-order valence-corrected chi connectivity index (χ4v) is 4.41. The molecule has 0 N–H and O–H groups in total. The number of aromatic nitrogens is 1. The van der Waals surface area contributed by atoms with E-state index in [-0.39, 0.29) is 6.10 Å². The Kier molecular flexibility index (Phi) is 6.30. The van der Waals surface area contributed by atoms with Gasteiger partial charge in [0.2, 0.25) is 0 Å². The van der Waals surface area contributed by atoms with Crippen LogP contribution >= 0.6 is 27.3 Å². The summed E-state index contributed by atoms with van der Waals surface area (Å²) in [4.78, 5) is 5.45. The first-order valence-electron chi connectivity index (χ1n) is 8.74. The van der Waals surface area contributed by atoms with E-state index in [1.165, 1.54) is 23.5 Å². The van der Waals surface area contributed by atoms with Crippen molar-refractivity contribution in [2.75, 3.05) is 0 Å². The lowest BCUT2D eigenvalue weighted by Gasteiger charge is -2.17. The summed E-state index contributed by atoms with van der Waals surface area (Å²) in [6.07, 6.45) is -3.93. The second-order valence-corrected chi connectivity index (χ2v) is 8.20. The smallest absolute Gasteiger partial charge is 0.416 e. The Morgan fingerprint density at radius 1 is 1.21 bits per heavy atom. The molecule has 2 aromatic carbocycles. The minimum atomic E-state index is -4.36. The van der Waals surface area contributed by atoms with Crippen LogP contribution in [0.25, 0.3) is 10.6 Å². The second-order valence-electron chi connectivity index (χ2n) is 6.31. The molecule has 150 valence electrons. The van der Waals surface area contributed by atoms with Crippen LogP contribution in [0.1, 0.15) is 41.1 Å². The Bertz CT molecular complexity index is 1060. The third-order valence-corrected chi connectivity index (χ3v) is 6.25. The Hall–Kier alpha value is -2.37. The zero-order valence-corrected chi connectivity index (χ0v) is 18.0. The van der Waals surface area contributed by atoms with Crippen molar-refractivity contribution in [2.24, 2.45) is 0 Å². The molecule has 0 radical (unpaired) electrons. The highest BCUT2D eigenvalue weighted by Gasteiger charge is 2.30. The summed E-state index contributed by atoms with van der Waals surface area (Å²) in [5.74, 6) is 0.617. The summed E-state index contributed by atoms with van der Waals surface area (Å²) in [5, 5.41) is 9.68. The lowest BCUT2D eigenvalue weighted by molar-refractivity contribution is -0.137. The average Bonchev–Trinajstić information content (AvgIpc) is 3.07. The van der Waals surface area contributed by atoms with Gasteiger partial charge in [-0.25, -0.2) is 4.98 Å². The number of nitrogens with zero attached hydrogens (tertiary/aromatic N) is 2. The summed E-state index contributed by atoms with van der Waals surface area (Å²) in [5.41, 5.74) is 1.25. The van der Waals surface area contributed by atoms with E-state index in [9.17, 15) is 13.2 Å².